The van der Waals surface area contributed by atoms with Crippen LogP contribution in [0.25, 0.3) is 0 Å². The van der Waals surface area contributed by atoms with Gasteiger partial charge in [-0.1, -0.05) is 32.4 Å². The summed E-state index contributed by atoms with van der Waals surface area (Å²) in [6.45, 7) is 7.05. The van der Waals surface area contributed by atoms with Gasteiger partial charge in [-0.15, -0.1) is 0 Å². The number of thioether (sulfide) groups is 1. The normalized spacial score (nSPS) is 12.2. The highest BCUT2D eigenvalue weighted by atomic mass is 32.2. The molecule has 0 saturated heterocycles. The Morgan fingerprint density at radius 1 is 1.42 bits per heavy atom. The highest BCUT2D eigenvalue weighted by molar-refractivity contribution is 7.98. The number of nitrogens with zero attached hydrogens (tertiary/aromatic N) is 1. The summed E-state index contributed by atoms with van der Waals surface area (Å²) in [4.78, 5) is 10.7. The van der Waals surface area contributed by atoms with Gasteiger partial charge < -0.3 is 5.32 Å². The largest absolute Gasteiger partial charge is 0.380 e. The molecule has 1 atom stereocenters. The van der Waals surface area contributed by atoms with Gasteiger partial charge in [0.25, 0.3) is 5.69 Å². The Bertz CT molecular complexity index is 424. The molecular formula is C14H22N2O2S. The number of nitrogens with one attached hydrogen (secondary N) is 1. The van der Waals surface area contributed by atoms with Gasteiger partial charge in [0, 0.05) is 18.4 Å². The van der Waals surface area contributed by atoms with Crippen molar-refractivity contribution in [1.29, 1.82) is 0 Å². The Kier molecular flexibility index (Phi) is 6.70. The van der Waals surface area contributed by atoms with Crippen molar-refractivity contribution in [2.75, 3.05) is 17.6 Å². The van der Waals surface area contributed by atoms with Crippen molar-refractivity contribution < 1.29 is 4.92 Å². The minimum Gasteiger partial charge on any atom is -0.380 e. The Labute approximate surface area is 119 Å². The molecule has 0 spiro atoms. The molecule has 106 valence electrons. The molecule has 1 aromatic carbocycles. The molecule has 0 bridgehead atoms. The van der Waals surface area contributed by atoms with Gasteiger partial charge in [-0.05, 0) is 24.2 Å². The summed E-state index contributed by atoms with van der Waals surface area (Å²) in [6, 6.07) is 5.29. The summed E-state index contributed by atoms with van der Waals surface area (Å²) in [5.74, 6) is 2.59. The molecule has 1 unspecified atom stereocenters. The molecule has 0 aliphatic rings. The van der Waals surface area contributed by atoms with Crippen LogP contribution in [0.15, 0.2) is 18.2 Å². The highest BCUT2D eigenvalue weighted by Crippen LogP contribution is 2.31. The van der Waals surface area contributed by atoms with Crippen molar-refractivity contribution in [3.05, 3.63) is 33.9 Å². The third-order valence-corrected chi connectivity index (χ3v) is 4.36. The Morgan fingerprint density at radius 2 is 2.16 bits per heavy atom. The van der Waals surface area contributed by atoms with Gasteiger partial charge in [-0.25, -0.2) is 0 Å². The molecule has 5 heteroatoms. The summed E-state index contributed by atoms with van der Waals surface area (Å²) in [5, 5.41) is 14.2. The van der Waals surface area contributed by atoms with Crippen molar-refractivity contribution in [3.8, 4) is 0 Å². The number of nitro benzene ring substituents is 1. The smallest absolute Gasteiger partial charge is 0.292 e. The molecule has 0 aliphatic heterocycles. The summed E-state index contributed by atoms with van der Waals surface area (Å²) in [7, 11) is 0. The second-order valence-electron chi connectivity index (χ2n) is 4.63. The first kappa shape index (κ1) is 15.8. The van der Waals surface area contributed by atoms with E-state index in [1.807, 2.05) is 24.8 Å². The van der Waals surface area contributed by atoms with Crippen LogP contribution in [0.1, 0.15) is 32.8 Å². The minimum absolute atomic E-state index is 0.170. The second kappa shape index (κ2) is 8.04. The van der Waals surface area contributed by atoms with Crippen molar-refractivity contribution >= 4 is 23.1 Å². The minimum atomic E-state index is -0.319. The van der Waals surface area contributed by atoms with Crippen LogP contribution < -0.4 is 5.32 Å². The van der Waals surface area contributed by atoms with Crippen LogP contribution in [0, 0.1) is 16.0 Å². The molecular weight excluding hydrogens is 260 g/mol. The molecule has 4 nitrogen and oxygen atoms in total. The van der Waals surface area contributed by atoms with E-state index in [-0.39, 0.29) is 10.6 Å². The molecule has 0 radical (unpaired) electrons. The molecule has 1 N–H and O–H groups in total. The molecule has 0 fully saturated rings. The number of anilines is 1. The monoisotopic (exact) mass is 282 g/mol. The fraction of sp³-hybridized carbons (Fsp3) is 0.571. The predicted octanol–water partition coefficient (Wildman–Crippen LogP) is 4.31. The summed E-state index contributed by atoms with van der Waals surface area (Å²) < 4.78 is 0. The van der Waals surface area contributed by atoms with Gasteiger partial charge in [0.15, 0.2) is 0 Å². The van der Waals surface area contributed by atoms with Crippen LogP contribution in [-0.4, -0.2) is 17.2 Å². The summed E-state index contributed by atoms with van der Waals surface area (Å²) in [5.41, 5.74) is 1.86. The molecule has 0 saturated carbocycles. The fourth-order valence-electron chi connectivity index (χ4n) is 1.73. The van der Waals surface area contributed by atoms with E-state index in [0.717, 1.165) is 17.1 Å². The summed E-state index contributed by atoms with van der Waals surface area (Å²) in [6.07, 6.45) is 1.17. The van der Waals surface area contributed by atoms with Crippen LogP contribution in [0.4, 0.5) is 11.4 Å². The first-order chi connectivity index (χ1) is 9.10. The molecule has 0 amide bonds. The van der Waals surface area contributed by atoms with Gasteiger partial charge in [-0.2, -0.15) is 11.8 Å². The highest BCUT2D eigenvalue weighted by Gasteiger charge is 2.16. The zero-order chi connectivity index (χ0) is 14.3. The average molecular weight is 282 g/mol. The lowest BCUT2D eigenvalue weighted by molar-refractivity contribution is -0.384. The number of benzene rings is 1. The van der Waals surface area contributed by atoms with E-state index >= 15 is 0 Å². The van der Waals surface area contributed by atoms with E-state index in [4.69, 9.17) is 0 Å². The molecule has 0 aliphatic carbocycles. The van der Waals surface area contributed by atoms with Crippen molar-refractivity contribution in [2.24, 2.45) is 5.92 Å². The molecule has 19 heavy (non-hydrogen) atoms. The third kappa shape index (κ3) is 4.74. The van der Waals surface area contributed by atoms with Crippen LogP contribution in [-0.2, 0) is 5.75 Å². The second-order valence-corrected chi connectivity index (χ2v) is 5.66. The molecule has 1 aromatic rings. The summed E-state index contributed by atoms with van der Waals surface area (Å²) >= 11 is 1.84. The van der Waals surface area contributed by atoms with E-state index < -0.39 is 0 Å². The predicted molar refractivity (Wildman–Crippen MR) is 82.9 cm³/mol. The van der Waals surface area contributed by atoms with Crippen molar-refractivity contribution in [3.63, 3.8) is 0 Å². The van der Waals surface area contributed by atoms with Crippen LogP contribution in [0.5, 0.6) is 0 Å². The lowest BCUT2D eigenvalue weighted by Gasteiger charge is -2.12. The van der Waals surface area contributed by atoms with Crippen LogP contribution in [0.2, 0.25) is 0 Å². The lowest BCUT2D eigenvalue weighted by Crippen LogP contribution is -2.05. The van der Waals surface area contributed by atoms with E-state index in [1.54, 1.807) is 12.1 Å². The maximum Gasteiger partial charge on any atom is 0.292 e. The van der Waals surface area contributed by atoms with Gasteiger partial charge in [0.05, 0.1) is 4.92 Å². The molecule has 0 aromatic heterocycles. The lowest BCUT2D eigenvalue weighted by atomic mass is 10.1. The Morgan fingerprint density at radius 3 is 2.74 bits per heavy atom. The van der Waals surface area contributed by atoms with E-state index in [9.17, 15) is 10.1 Å². The average Bonchev–Trinajstić information content (AvgIpc) is 2.40. The third-order valence-electron chi connectivity index (χ3n) is 3.04. The first-order valence-electron chi connectivity index (χ1n) is 6.68. The first-order valence-corrected chi connectivity index (χ1v) is 7.83. The zero-order valence-electron chi connectivity index (χ0n) is 11.8. The van der Waals surface area contributed by atoms with E-state index in [2.05, 4.69) is 19.2 Å². The van der Waals surface area contributed by atoms with Gasteiger partial charge in [-0.3, -0.25) is 10.1 Å². The SMILES string of the molecule is CCNc1c(CSCC(C)CC)cccc1[N+](=O)[O-]. The topological polar surface area (TPSA) is 55.2 Å². The van der Waals surface area contributed by atoms with E-state index in [1.165, 1.54) is 6.42 Å². The molecule has 1 rings (SSSR count). The maximum absolute atomic E-state index is 11.0. The quantitative estimate of drug-likeness (QED) is 0.570. The number of hydrogen-bond acceptors (Lipinski definition) is 4. The maximum atomic E-state index is 11.0. The van der Waals surface area contributed by atoms with Gasteiger partial charge >= 0.3 is 0 Å². The number of nitro groups is 1. The van der Waals surface area contributed by atoms with Crippen LogP contribution >= 0.6 is 11.8 Å². The van der Waals surface area contributed by atoms with Crippen molar-refractivity contribution in [2.45, 2.75) is 32.9 Å². The van der Waals surface area contributed by atoms with Crippen molar-refractivity contribution in [1.82, 2.24) is 0 Å². The number of para-hydroxylation sites is 1. The number of rotatable bonds is 8. The standard InChI is InChI=1S/C14H22N2O2S/c1-4-11(3)9-19-10-12-7-6-8-13(16(17)18)14(12)15-5-2/h6-8,11,15H,4-5,9-10H2,1-3H3. The zero-order valence-corrected chi connectivity index (χ0v) is 12.6. The van der Waals surface area contributed by atoms with Crippen LogP contribution in [0.3, 0.4) is 0 Å². The van der Waals surface area contributed by atoms with E-state index in [0.29, 0.717) is 18.2 Å². The van der Waals surface area contributed by atoms with Gasteiger partial charge in [0.1, 0.15) is 5.69 Å². The van der Waals surface area contributed by atoms with Gasteiger partial charge in [0.2, 0.25) is 0 Å². The number of hydrogen-bond donors (Lipinski definition) is 1. The molecule has 0 heterocycles. The Hall–Kier alpha value is -1.23. The Balaban J connectivity index is 2.81. The fourth-order valence-corrected chi connectivity index (χ4v) is 2.94.